The minimum absolute atomic E-state index is 0.147. The third-order valence-corrected chi connectivity index (χ3v) is 3.01. The molecule has 0 atom stereocenters. The number of alkyl halides is 1. The summed E-state index contributed by atoms with van der Waals surface area (Å²) in [5.41, 5.74) is 0.350. The van der Waals surface area contributed by atoms with E-state index in [2.05, 4.69) is 10.4 Å². The van der Waals surface area contributed by atoms with E-state index in [1.165, 1.54) is 16.8 Å². The fourth-order valence-electron chi connectivity index (χ4n) is 1.54. The molecule has 1 aromatic heterocycles. The summed E-state index contributed by atoms with van der Waals surface area (Å²) in [4.78, 5) is 11.1. The van der Waals surface area contributed by atoms with Crippen LogP contribution in [0.25, 0.3) is 0 Å². The molecular weight excluding hydrogens is 292 g/mol. The number of amides is 1. The van der Waals surface area contributed by atoms with E-state index in [9.17, 15) is 9.18 Å². The Balaban J connectivity index is 2.14. The normalized spacial score (nSPS) is 10.5. The fourth-order valence-corrected chi connectivity index (χ4v) is 1.83. The molecule has 0 spiro atoms. The second-order valence-electron chi connectivity index (χ2n) is 3.78. The molecule has 7 heteroatoms. The zero-order chi connectivity index (χ0) is 13.8. The van der Waals surface area contributed by atoms with E-state index in [-0.39, 0.29) is 18.3 Å². The molecule has 0 saturated carbocycles. The monoisotopic (exact) mass is 301 g/mol. The van der Waals surface area contributed by atoms with Crippen LogP contribution in [0.5, 0.6) is 0 Å². The molecular formula is C12H10Cl2FN3O. The lowest BCUT2D eigenvalue weighted by atomic mass is 10.2. The lowest BCUT2D eigenvalue weighted by Gasteiger charge is -2.05. The Hall–Kier alpha value is -1.59. The summed E-state index contributed by atoms with van der Waals surface area (Å²) in [5, 5.41) is 6.91. The number of anilines is 1. The predicted octanol–water partition coefficient (Wildman–Crippen LogP) is 2.90. The van der Waals surface area contributed by atoms with E-state index < -0.39 is 5.82 Å². The third-order valence-electron chi connectivity index (χ3n) is 2.41. The Labute approximate surface area is 119 Å². The molecule has 1 N–H and O–H groups in total. The van der Waals surface area contributed by atoms with Crippen molar-refractivity contribution < 1.29 is 9.18 Å². The van der Waals surface area contributed by atoms with Crippen molar-refractivity contribution in [2.75, 3.05) is 11.2 Å². The quantitative estimate of drug-likeness (QED) is 0.883. The highest BCUT2D eigenvalue weighted by molar-refractivity contribution is 6.31. The van der Waals surface area contributed by atoms with Gasteiger partial charge in [0.15, 0.2) is 5.82 Å². The molecule has 19 heavy (non-hydrogen) atoms. The number of aromatic nitrogens is 2. The predicted molar refractivity (Wildman–Crippen MR) is 72.1 cm³/mol. The topological polar surface area (TPSA) is 46.9 Å². The Kier molecular flexibility index (Phi) is 4.39. The van der Waals surface area contributed by atoms with Crippen molar-refractivity contribution in [2.45, 2.75) is 6.54 Å². The molecule has 0 aliphatic heterocycles. The van der Waals surface area contributed by atoms with Gasteiger partial charge >= 0.3 is 0 Å². The highest BCUT2D eigenvalue weighted by Gasteiger charge is 2.09. The van der Waals surface area contributed by atoms with Gasteiger partial charge in [0, 0.05) is 22.8 Å². The molecule has 0 aliphatic rings. The maximum absolute atomic E-state index is 13.6. The van der Waals surface area contributed by atoms with Gasteiger partial charge in [-0.25, -0.2) is 4.39 Å². The minimum Gasteiger partial charge on any atom is -0.308 e. The molecule has 0 aliphatic carbocycles. The molecule has 2 aromatic rings. The van der Waals surface area contributed by atoms with Gasteiger partial charge in [0.25, 0.3) is 0 Å². The Morgan fingerprint density at radius 1 is 1.42 bits per heavy atom. The first-order valence-corrected chi connectivity index (χ1v) is 6.33. The van der Waals surface area contributed by atoms with Crippen LogP contribution in [-0.2, 0) is 11.3 Å². The van der Waals surface area contributed by atoms with Crippen molar-refractivity contribution >= 4 is 34.9 Å². The first-order valence-electron chi connectivity index (χ1n) is 5.42. The van der Waals surface area contributed by atoms with Crippen LogP contribution in [0.1, 0.15) is 5.56 Å². The van der Waals surface area contributed by atoms with Crippen molar-refractivity contribution in [1.82, 2.24) is 9.78 Å². The molecule has 1 aromatic carbocycles. The van der Waals surface area contributed by atoms with Crippen LogP contribution in [0.2, 0.25) is 5.02 Å². The van der Waals surface area contributed by atoms with E-state index in [1.807, 2.05) is 0 Å². The van der Waals surface area contributed by atoms with Crippen molar-refractivity contribution in [3.05, 3.63) is 46.9 Å². The Morgan fingerprint density at radius 3 is 2.89 bits per heavy atom. The van der Waals surface area contributed by atoms with Crippen molar-refractivity contribution in [3.63, 3.8) is 0 Å². The average Bonchev–Trinajstić information content (AvgIpc) is 2.81. The Bertz CT molecular complexity index is 580. The molecule has 0 saturated heterocycles. The number of benzene rings is 1. The summed E-state index contributed by atoms with van der Waals surface area (Å²) in [6.07, 6.45) is 1.62. The largest absolute Gasteiger partial charge is 0.308 e. The van der Waals surface area contributed by atoms with Crippen LogP contribution < -0.4 is 5.32 Å². The van der Waals surface area contributed by atoms with Crippen LogP contribution in [0.3, 0.4) is 0 Å². The van der Waals surface area contributed by atoms with Gasteiger partial charge < -0.3 is 5.32 Å². The first kappa shape index (κ1) is 13.8. The SMILES string of the molecule is O=C(CCl)Nc1ccn(Cc2c(F)cccc2Cl)n1. The summed E-state index contributed by atoms with van der Waals surface area (Å²) < 4.78 is 15.1. The number of halogens is 3. The van der Waals surface area contributed by atoms with E-state index in [4.69, 9.17) is 23.2 Å². The van der Waals surface area contributed by atoms with Crippen LogP contribution in [-0.4, -0.2) is 21.6 Å². The summed E-state index contributed by atoms with van der Waals surface area (Å²) >= 11 is 11.3. The number of nitrogens with one attached hydrogen (secondary N) is 1. The summed E-state index contributed by atoms with van der Waals surface area (Å²) in [6.45, 7) is 0.183. The van der Waals surface area contributed by atoms with Gasteiger partial charge in [0.1, 0.15) is 11.7 Å². The fraction of sp³-hybridized carbons (Fsp3) is 0.167. The van der Waals surface area contributed by atoms with Gasteiger partial charge in [-0.3, -0.25) is 9.48 Å². The van der Waals surface area contributed by atoms with E-state index >= 15 is 0 Å². The van der Waals surface area contributed by atoms with Crippen LogP contribution >= 0.6 is 23.2 Å². The van der Waals surface area contributed by atoms with Gasteiger partial charge in [-0.15, -0.1) is 11.6 Å². The van der Waals surface area contributed by atoms with E-state index in [1.54, 1.807) is 18.3 Å². The number of hydrogen-bond donors (Lipinski definition) is 1. The number of hydrogen-bond acceptors (Lipinski definition) is 2. The highest BCUT2D eigenvalue weighted by atomic mass is 35.5. The zero-order valence-electron chi connectivity index (χ0n) is 9.74. The molecule has 1 heterocycles. The zero-order valence-corrected chi connectivity index (χ0v) is 11.2. The molecule has 0 bridgehead atoms. The second kappa shape index (κ2) is 6.04. The lowest BCUT2D eigenvalue weighted by molar-refractivity contribution is -0.113. The minimum atomic E-state index is -0.394. The average molecular weight is 302 g/mol. The van der Waals surface area contributed by atoms with Crippen LogP contribution in [0, 0.1) is 5.82 Å². The van der Waals surface area contributed by atoms with Crippen molar-refractivity contribution in [3.8, 4) is 0 Å². The van der Waals surface area contributed by atoms with E-state index in [0.29, 0.717) is 16.4 Å². The Morgan fingerprint density at radius 2 is 2.21 bits per heavy atom. The smallest absolute Gasteiger partial charge is 0.240 e. The molecule has 1 amide bonds. The molecule has 2 rings (SSSR count). The lowest BCUT2D eigenvalue weighted by Crippen LogP contribution is -2.13. The second-order valence-corrected chi connectivity index (χ2v) is 4.46. The summed E-state index contributed by atoms with van der Waals surface area (Å²) in [6, 6.07) is 6.08. The first-order chi connectivity index (χ1) is 9.10. The van der Waals surface area contributed by atoms with Crippen molar-refractivity contribution in [2.24, 2.45) is 0 Å². The van der Waals surface area contributed by atoms with E-state index in [0.717, 1.165) is 0 Å². The van der Waals surface area contributed by atoms with Gasteiger partial charge in [-0.05, 0) is 12.1 Å². The molecule has 0 fully saturated rings. The highest BCUT2D eigenvalue weighted by Crippen LogP contribution is 2.20. The number of rotatable bonds is 4. The number of carbonyl (C=O) groups is 1. The van der Waals surface area contributed by atoms with Crippen LogP contribution in [0.15, 0.2) is 30.5 Å². The third kappa shape index (κ3) is 3.45. The van der Waals surface area contributed by atoms with Gasteiger partial charge in [-0.1, -0.05) is 17.7 Å². The van der Waals surface area contributed by atoms with Gasteiger partial charge in [0.2, 0.25) is 5.91 Å². The summed E-state index contributed by atoms with van der Waals surface area (Å²) in [5.74, 6) is -0.533. The summed E-state index contributed by atoms with van der Waals surface area (Å²) in [7, 11) is 0. The molecule has 4 nitrogen and oxygen atoms in total. The van der Waals surface area contributed by atoms with Gasteiger partial charge in [-0.2, -0.15) is 5.10 Å². The van der Waals surface area contributed by atoms with Gasteiger partial charge in [0.05, 0.1) is 6.54 Å². The van der Waals surface area contributed by atoms with Crippen LogP contribution in [0.4, 0.5) is 10.2 Å². The maximum atomic E-state index is 13.6. The standard InChI is InChI=1S/C12H10Cl2FN3O/c13-6-12(19)16-11-4-5-18(17-11)7-8-9(14)2-1-3-10(8)15/h1-5H,6-7H2,(H,16,17,19). The molecule has 100 valence electrons. The number of nitrogens with zero attached hydrogens (tertiary/aromatic N) is 2. The molecule has 0 unspecified atom stereocenters. The molecule has 0 radical (unpaired) electrons. The maximum Gasteiger partial charge on any atom is 0.240 e. The van der Waals surface area contributed by atoms with Crippen molar-refractivity contribution in [1.29, 1.82) is 0 Å². The number of carbonyl (C=O) groups excluding carboxylic acids is 1.